The number of benzene rings is 1. The van der Waals surface area contributed by atoms with E-state index in [2.05, 4.69) is 27.2 Å². The molecule has 2 rings (SSSR count). The van der Waals surface area contributed by atoms with Gasteiger partial charge in [-0.1, -0.05) is 12.2 Å². The maximum Gasteiger partial charge on any atom is 0.322 e. The van der Waals surface area contributed by atoms with Crippen molar-refractivity contribution < 1.29 is 4.79 Å². The zero-order valence-electron chi connectivity index (χ0n) is 10.4. The summed E-state index contributed by atoms with van der Waals surface area (Å²) in [6.07, 6.45) is 3.35. The molecule has 2 amide bonds. The first-order chi connectivity index (χ1) is 9.24. The molecule has 0 aliphatic carbocycles. The van der Waals surface area contributed by atoms with Crippen molar-refractivity contribution in [3.8, 4) is 0 Å². The van der Waals surface area contributed by atoms with Crippen LogP contribution in [0.15, 0.2) is 43.5 Å². The second-order valence-electron chi connectivity index (χ2n) is 3.88. The number of hydrogen-bond donors (Lipinski definition) is 1. The number of nitrogens with zero attached hydrogens (tertiary/aromatic N) is 3. The highest BCUT2D eigenvalue weighted by Gasteiger charge is 2.11. The van der Waals surface area contributed by atoms with Gasteiger partial charge in [0.15, 0.2) is 0 Å². The van der Waals surface area contributed by atoms with Crippen LogP contribution in [0, 0.1) is 0 Å². The van der Waals surface area contributed by atoms with Gasteiger partial charge in [0.25, 0.3) is 0 Å². The largest absolute Gasteiger partial charge is 0.322 e. The van der Waals surface area contributed by atoms with Crippen LogP contribution in [0.1, 0.15) is 0 Å². The van der Waals surface area contributed by atoms with Gasteiger partial charge in [-0.05, 0) is 18.2 Å². The Labute approximate surface area is 115 Å². The zero-order valence-corrected chi connectivity index (χ0v) is 11.2. The molecule has 0 atom stereocenters. The SMILES string of the molecule is C=CCN(CC=C)C(=O)Nc1ccc2nsnc2c1. The summed E-state index contributed by atoms with van der Waals surface area (Å²) >= 11 is 1.15. The molecule has 0 bridgehead atoms. The first kappa shape index (κ1) is 13.2. The fourth-order valence-corrected chi connectivity index (χ4v) is 2.13. The second-order valence-corrected chi connectivity index (χ2v) is 4.41. The van der Waals surface area contributed by atoms with Crippen molar-refractivity contribution in [2.24, 2.45) is 0 Å². The summed E-state index contributed by atoms with van der Waals surface area (Å²) in [5, 5.41) is 2.82. The molecule has 2 aromatic rings. The van der Waals surface area contributed by atoms with E-state index < -0.39 is 0 Å². The number of hydrogen-bond acceptors (Lipinski definition) is 4. The molecule has 1 heterocycles. The molecule has 0 radical (unpaired) electrons. The Kier molecular flexibility index (Phi) is 4.25. The van der Waals surface area contributed by atoms with E-state index in [1.165, 1.54) is 0 Å². The molecule has 0 aliphatic rings. The van der Waals surface area contributed by atoms with Gasteiger partial charge in [0.2, 0.25) is 0 Å². The average Bonchev–Trinajstić information content (AvgIpc) is 2.86. The lowest BCUT2D eigenvalue weighted by atomic mass is 10.3. The van der Waals surface area contributed by atoms with Crippen LogP contribution < -0.4 is 5.32 Å². The minimum atomic E-state index is -0.192. The smallest absolute Gasteiger partial charge is 0.317 e. The highest BCUT2D eigenvalue weighted by atomic mass is 32.1. The molecule has 5 nitrogen and oxygen atoms in total. The van der Waals surface area contributed by atoms with Crippen LogP contribution in [0.4, 0.5) is 10.5 Å². The highest BCUT2D eigenvalue weighted by Crippen LogP contribution is 2.17. The van der Waals surface area contributed by atoms with E-state index in [0.29, 0.717) is 18.8 Å². The number of urea groups is 1. The Morgan fingerprint density at radius 1 is 1.26 bits per heavy atom. The summed E-state index contributed by atoms with van der Waals surface area (Å²) in [5.74, 6) is 0. The van der Waals surface area contributed by atoms with Gasteiger partial charge in [0.05, 0.1) is 11.7 Å². The van der Waals surface area contributed by atoms with Gasteiger partial charge in [0, 0.05) is 18.8 Å². The van der Waals surface area contributed by atoms with E-state index in [9.17, 15) is 4.79 Å². The van der Waals surface area contributed by atoms with Gasteiger partial charge in [-0.25, -0.2) is 4.79 Å². The lowest BCUT2D eigenvalue weighted by Crippen LogP contribution is -2.35. The number of anilines is 1. The van der Waals surface area contributed by atoms with Crippen molar-refractivity contribution in [1.82, 2.24) is 13.6 Å². The Balaban J connectivity index is 2.11. The molecule has 0 unspecified atom stereocenters. The Hall–Kier alpha value is -2.21. The third-order valence-electron chi connectivity index (χ3n) is 2.49. The number of nitrogens with one attached hydrogen (secondary N) is 1. The van der Waals surface area contributed by atoms with Gasteiger partial charge < -0.3 is 10.2 Å². The van der Waals surface area contributed by atoms with Gasteiger partial charge in [-0.2, -0.15) is 8.75 Å². The maximum absolute atomic E-state index is 12.1. The van der Waals surface area contributed by atoms with Crippen molar-refractivity contribution in [3.63, 3.8) is 0 Å². The van der Waals surface area contributed by atoms with Crippen molar-refractivity contribution >= 4 is 34.5 Å². The standard InChI is InChI=1S/C13H14N4OS/c1-3-7-17(8-4-2)13(18)14-10-5-6-11-12(9-10)16-19-15-11/h3-6,9H,1-2,7-8H2,(H,14,18). The molecule has 98 valence electrons. The molecule has 6 heteroatoms. The lowest BCUT2D eigenvalue weighted by molar-refractivity contribution is 0.222. The summed E-state index contributed by atoms with van der Waals surface area (Å²) < 4.78 is 8.25. The van der Waals surface area contributed by atoms with Crippen molar-refractivity contribution in [1.29, 1.82) is 0 Å². The van der Waals surface area contributed by atoms with Crippen LogP contribution in [0.5, 0.6) is 0 Å². The van der Waals surface area contributed by atoms with Crippen LogP contribution in [0.25, 0.3) is 11.0 Å². The number of carbonyl (C=O) groups excluding carboxylic acids is 1. The van der Waals surface area contributed by atoms with Gasteiger partial charge in [-0.15, -0.1) is 13.2 Å². The Morgan fingerprint density at radius 2 is 1.95 bits per heavy atom. The minimum absolute atomic E-state index is 0.192. The fraction of sp³-hybridized carbons (Fsp3) is 0.154. The Bertz CT molecular complexity index is 597. The number of fused-ring (bicyclic) bond motifs is 1. The molecular weight excluding hydrogens is 260 g/mol. The van der Waals surface area contributed by atoms with Gasteiger partial charge in [-0.3, -0.25) is 0 Å². The Morgan fingerprint density at radius 3 is 2.63 bits per heavy atom. The van der Waals surface area contributed by atoms with E-state index >= 15 is 0 Å². The molecular formula is C13H14N4OS. The first-order valence-corrected chi connectivity index (χ1v) is 6.47. The molecule has 0 saturated heterocycles. The molecule has 1 aromatic heterocycles. The van der Waals surface area contributed by atoms with Gasteiger partial charge >= 0.3 is 6.03 Å². The summed E-state index contributed by atoms with van der Waals surface area (Å²) in [5.41, 5.74) is 2.31. The topological polar surface area (TPSA) is 58.1 Å². The van der Waals surface area contributed by atoms with Crippen LogP contribution in [-0.4, -0.2) is 32.8 Å². The third kappa shape index (κ3) is 3.17. The molecule has 0 fully saturated rings. The molecule has 0 aliphatic heterocycles. The molecule has 0 spiro atoms. The van der Waals surface area contributed by atoms with Crippen LogP contribution >= 0.6 is 11.7 Å². The van der Waals surface area contributed by atoms with Crippen molar-refractivity contribution in [3.05, 3.63) is 43.5 Å². The minimum Gasteiger partial charge on any atom is -0.317 e. The molecule has 1 N–H and O–H groups in total. The van der Waals surface area contributed by atoms with E-state index in [1.54, 1.807) is 23.1 Å². The molecule has 1 aromatic carbocycles. The average molecular weight is 274 g/mol. The summed E-state index contributed by atoms with van der Waals surface area (Å²) in [7, 11) is 0. The monoisotopic (exact) mass is 274 g/mol. The van der Waals surface area contributed by atoms with Crippen molar-refractivity contribution in [2.45, 2.75) is 0 Å². The van der Waals surface area contributed by atoms with Crippen LogP contribution in [0.3, 0.4) is 0 Å². The molecule has 0 saturated carbocycles. The first-order valence-electron chi connectivity index (χ1n) is 5.74. The summed E-state index contributed by atoms with van der Waals surface area (Å²) in [4.78, 5) is 13.7. The number of carbonyl (C=O) groups is 1. The number of aromatic nitrogens is 2. The lowest BCUT2D eigenvalue weighted by Gasteiger charge is -2.19. The van der Waals surface area contributed by atoms with E-state index in [-0.39, 0.29) is 6.03 Å². The predicted octanol–water partition coefficient (Wildman–Crippen LogP) is 2.90. The maximum atomic E-state index is 12.1. The fourth-order valence-electron chi connectivity index (χ4n) is 1.61. The highest BCUT2D eigenvalue weighted by molar-refractivity contribution is 7.00. The van der Waals surface area contributed by atoms with Gasteiger partial charge in [0.1, 0.15) is 11.0 Å². The van der Waals surface area contributed by atoms with Crippen LogP contribution in [-0.2, 0) is 0 Å². The normalized spacial score (nSPS) is 10.1. The van der Waals surface area contributed by atoms with E-state index in [0.717, 1.165) is 22.8 Å². The zero-order chi connectivity index (χ0) is 13.7. The summed E-state index contributed by atoms with van der Waals surface area (Å²) in [6, 6.07) is 5.25. The third-order valence-corrected chi connectivity index (χ3v) is 3.05. The molecule has 19 heavy (non-hydrogen) atoms. The number of amides is 2. The quantitative estimate of drug-likeness (QED) is 0.853. The van der Waals surface area contributed by atoms with Crippen LogP contribution in [0.2, 0.25) is 0 Å². The number of rotatable bonds is 5. The predicted molar refractivity (Wildman–Crippen MR) is 78.4 cm³/mol. The van der Waals surface area contributed by atoms with E-state index in [1.807, 2.05) is 12.1 Å². The van der Waals surface area contributed by atoms with E-state index in [4.69, 9.17) is 0 Å². The second kappa shape index (κ2) is 6.10. The van der Waals surface area contributed by atoms with Crippen molar-refractivity contribution in [2.75, 3.05) is 18.4 Å². The summed E-state index contributed by atoms with van der Waals surface area (Å²) in [6.45, 7) is 8.21.